The number of para-hydroxylation sites is 1. The summed E-state index contributed by atoms with van der Waals surface area (Å²) >= 11 is 6.41. The number of aryl methyl sites for hydroxylation is 1. The van der Waals surface area contributed by atoms with Gasteiger partial charge in [-0.1, -0.05) is 29.8 Å². The number of ether oxygens (including phenoxy) is 1. The van der Waals surface area contributed by atoms with Gasteiger partial charge in [-0.05, 0) is 43.3 Å². The van der Waals surface area contributed by atoms with Crippen LogP contribution in [0.3, 0.4) is 0 Å². The van der Waals surface area contributed by atoms with E-state index in [2.05, 4.69) is 10.4 Å². The SMILES string of the molecule is COc1ccccc1CNC(=O)C=Cc1c(C)nn(-c2ccc(F)cc2)c1Cl. The molecule has 3 aromatic rings. The molecule has 2 aromatic carbocycles. The number of carbonyl (C=O) groups is 1. The summed E-state index contributed by atoms with van der Waals surface area (Å²) in [6.07, 6.45) is 3.02. The van der Waals surface area contributed by atoms with Crippen molar-refractivity contribution in [3.8, 4) is 11.4 Å². The molecule has 1 amide bonds. The smallest absolute Gasteiger partial charge is 0.244 e. The Bertz CT molecular complexity index is 1010. The van der Waals surface area contributed by atoms with Crippen LogP contribution in [0.15, 0.2) is 54.6 Å². The first-order valence-electron chi connectivity index (χ1n) is 8.58. The number of rotatable bonds is 6. The number of halogens is 2. The van der Waals surface area contributed by atoms with E-state index in [1.807, 2.05) is 24.3 Å². The maximum Gasteiger partial charge on any atom is 0.244 e. The molecule has 0 unspecified atom stereocenters. The van der Waals surface area contributed by atoms with E-state index in [1.54, 1.807) is 32.2 Å². The van der Waals surface area contributed by atoms with Crippen LogP contribution in [0.4, 0.5) is 4.39 Å². The highest BCUT2D eigenvalue weighted by Gasteiger charge is 2.13. The number of amides is 1. The van der Waals surface area contributed by atoms with Crippen molar-refractivity contribution in [2.24, 2.45) is 0 Å². The van der Waals surface area contributed by atoms with Gasteiger partial charge in [0.25, 0.3) is 0 Å². The van der Waals surface area contributed by atoms with Gasteiger partial charge in [0.1, 0.15) is 16.7 Å². The van der Waals surface area contributed by atoms with E-state index >= 15 is 0 Å². The van der Waals surface area contributed by atoms with Gasteiger partial charge in [0.15, 0.2) is 0 Å². The molecule has 0 saturated heterocycles. The summed E-state index contributed by atoms with van der Waals surface area (Å²) in [7, 11) is 1.59. The normalized spacial score (nSPS) is 11.0. The molecule has 3 rings (SSSR count). The first-order valence-corrected chi connectivity index (χ1v) is 8.96. The van der Waals surface area contributed by atoms with Crippen LogP contribution in [0.2, 0.25) is 5.15 Å². The van der Waals surface area contributed by atoms with Crippen LogP contribution in [-0.4, -0.2) is 22.8 Å². The minimum atomic E-state index is -0.337. The van der Waals surface area contributed by atoms with Gasteiger partial charge < -0.3 is 10.1 Å². The van der Waals surface area contributed by atoms with Gasteiger partial charge in [-0.25, -0.2) is 9.07 Å². The van der Waals surface area contributed by atoms with Crippen LogP contribution in [0, 0.1) is 12.7 Å². The standard InChI is InChI=1S/C21H19ClFN3O2/c1-14-18(21(22)26(25-14)17-9-7-16(23)8-10-17)11-12-20(27)24-13-15-5-3-4-6-19(15)28-2/h3-12H,13H2,1-2H3,(H,24,27). The van der Waals surface area contributed by atoms with E-state index in [4.69, 9.17) is 16.3 Å². The van der Waals surface area contributed by atoms with Crippen LogP contribution in [0.1, 0.15) is 16.8 Å². The van der Waals surface area contributed by atoms with E-state index in [0.29, 0.717) is 34.4 Å². The molecule has 28 heavy (non-hydrogen) atoms. The molecule has 1 aromatic heterocycles. The third-order valence-electron chi connectivity index (χ3n) is 4.17. The van der Waals surface area contributed by atoms with Gasteiger partial charge in [-0.3, -0.25) is 4.79 Å². The topological polar surface area (TPSA) is 56.1 Å². The molecule has 5 nitrogen and oxygen atoms in total. The average Bonchev–Trinajstić information content (AvgIpc) is 2.99. The molecular formula is C21H19ClFN3O2. The molecule has 144 valence electrons. The highest BCUT2D eigenvalue weighted by Crippen LogP contribution is 2.25. The van der Waals surface area contributed by atoms with Crippen LogP contribution >= 0.6 is 11.6 Å². The molecule has 0 saturated carbocycles. The second-order valence-corrected chi connectivity index (χ2v) is 6.40. The largest absolute Gasteiger partial charge is 0.496 e. The Kier molecular flexibility index (Phi) is 6.11. The maximum absolute atomic E-state index is 13.1. The molecule has 0 radical (unpaired) electrons. The van der Waals surface area contributed by atoms with Crippen molar-refractivity contribution < 1.29 is 13.9 Å². The number of nitrogens with one attached hydrogen (secondary N) is 1. The van der Waals surface area contributed by atoms with Crippen molar-refractivity contribution in [3.05, 3.63) is 82.4 Å². The van der Waals surface area contributed by atoms with Gasteiger partial charge in [-0.2, -0.15) is 5.10 Å². The van der Waals surface area contributed by atoms with E-state index < -0.39 is 0 Å². The van der Waals surface area contributed by atoms with Crippen LogP contribution in [-0.2, 0) is 11.3 Å². The second kappa shape index (κ2) is 8.71. The third kappa shape index (κ3) is 4.40. The molecule has 0 aliphatic heterocycles. The van der Waals surface area contributed by atoms with Crippen molar-refractivity contribution in [2.75, 3.05) is 7.11 Å². The zero-order chi connectivity index (χ0) is 20.1. The van der Waals surface area contributed by atoms with E-state index in [9.17, 15) is 9.18 Å². The van der Waals surface area contributed by atoms with Crippen molar-refractivity contribution in [1.29, 1.82) is 0 Å². The fourth-order valence-corrected chi connectivity index (χ4v) is 3.04. The number of hydrogen-bond donors (Lipinski definition) is 1. The molecule has 0 fully saturated rings. The molecule has 0 spiro atoms. The third-order valence-corrected chi connectivity index (χ3v) is 4.53. The molecule has 1 N–H and O–H groups in total. The zero-order valence-corrected chi connectivity index (χ0v) is 16.2. The summed E-state index contributed by atoms with van der Waals surface area (Å²) in [5, 5.41) is 7.52. The summed E-state index contributed by atoms with van der Waals surface area (Å²) in [4.78, 5) is 12.2. The van der Waals surface area contributed by atoms with Gasteiger partial charge in [0.05, 0.1) is 18.5 Å². The Labute approximate surface area is 167 Å². The molecule has 0 atom stereocenters. The first-order chi connectivity index (χ1) is 13.5. The Morgan fingerprint density at radius 1 is 1.25 bits per heavy atom. The summed E-state index contributed by atoms with van der Waals surface area (Å²) in [5.74, 6) is 0.109. The lowest BCUT2D eigenvalue weighted by Crippen LogP contribution is -2.20. The maximum atomic E-state index is 13.1. The summed E-state index contributed by atoms with van der Waals surface area (Å²) in [5.41, 5.74) is 2.79. The molecule has 7 heteroatoms. The Morgan fingerprint density at radius 2 is 1.96 bits per heavy atom. The van der Waals surface area contributed by atoms with Gasteiger partial charge in [0, 0.05) is 23.7 Å². The van der Waals surface area contributed by atoms with Crippen LogP contribution in [0.5, 0.6) is 5.75 Å². The van der Waals surface area contributed by atoms with Crippen molar-refractivity contribution in [3.63, 3.8) is 0 Å². The highest BCUT2D eigenvalue weighted by molar-refractivity contribution is 6.31. The number of hydrogen-bond acceptors (Lipinski definition) is 3. The highest BCUT2D eigenvalue weighted by atomic mass is 35.5. The summed E-state index contributed by atoms with van der Waals surface area (Å²) in [6.45, 7) is 2.13. The van der Waals surface area contributed by atoms with Crippen LogP contribution < -0.4 is 10.1 Å². The number of nitrogens with zero attached hydrogens (tertiary/aromatic N) is 2. The fourth-order valence-electron chi connectivity index (χ4n) is 2.70. The van der Waals surface area contributed by atoms with Crippen molar-refractivity contribution >= 4 is 23.6 Å². The van der Waals surface area contributed by atoms with Crippen molar-refractivity contribution in [1.82, 2.24) is 15.1 Å². The van der Waals surface area contributed by atoms with Gasteiger partial charge in [0.2, 0.25) is 5.91 Å². The minimum Gasteiger partial charge on any atom is -0.496 e. The molecule has 1 heterocycles. The summed E-state index contributed by atoms with van der Waals surface area (Å²) < 4.78 is 19.9. The number of aromatic nitrogens is 2. The molecule has 0 aliphatic rings. The average molecular weight is 400 g/mol. The lowest BCUT2D eigenvalue weighted by Gasteiger charge is -2.08. The van der Waals surface area contributed by atoms with Gasteiger partial charge in [-0.15, -0.1) is 0 Å². The number of carbonyl (C=O) groups excluding carboxylic acids is 1. The predicted molar refractivity (Wildman–Crippen MR) is 107 cm³/mol. The van der Waals surface area contributed by atoms with Crippen molar-refractivity contribution in [2.45, 2.75) is 13.5 Å². The zero-order valence-electron chi connectivity index (χ0n) is 15.4. The first kappa shape index (κ1) is 19.6. The van der Waals surface area contributed by atoms with E-state index in [-0.39, 0.29) is 11.7 Å². The lowest BCUT2D eigenvalue weighted by atomic mass is 10.2. The van der Waals surface area contributed by atoms with E-state index in [0.717, 1.165) is 5.56 Å². The quantitative estimate of drug-likeness (QED) is 0.628. The molecule has 0 aliphatic carbocycles. The van der Waals surface area contributed by atoms with Gasteiger partial charge >= 0.3 is 0 Å². The van der Waals surface area contributed by atoms with Crippen LogP contribution in [0.25, 0.3) is 11.8 Å². The number of methoxy groups -OCH3 is 1. The predicted octanol–water partition coefficient (Wildman–Crippen LogP) is 4.31. The second-order valence-electron chi connectivity index (χ2n) is 6.04. The monoisotopic (exact) mass is 399 g/mol. The summed E-state index contributed by atoms with van der Waals surface area (Å²) in [6, 6.07) is 13.3. The van der Waals surface area contributed by atoms with E-state index in [1.165, 1.54) is 22.9 Å². The Balaban J connectivity index is 1.71. The Hall–Kier alpha value is -3.12. The minimum absolute atomic E-state index is 0.268. The Morgan fingerprint density at radius 3 is 2.68 bits per heavy atom. The number of benzene rings is 2. The molecule has 0 bridgehead atoms. The lowest BCUT2D eigenvalue weighted by molar-refractivity contribution is -0.116. The molecular weight excluding hydrogens is 381 g/mol. The fraction of sp³-hybridized carbons (Fsp3) is 0.143.